The van der Waals surface area contributed by atoms with Gasteiger partial charge in [0.1, 0.15) is 29.4 Å². The van der Waals surface area contributed by atoms with Crippen molar-refractivity contribution in [3.63, 3.8) is 0 Å². The number of nitrogens with two attached hydrogens (primary N) is 1. The number of halogens is 3. The van der Waals surface area contributed by atoms with Crippen LogP contribution in [-0.2, 0) is 21.1 Å². The van der Waals surface area contributed by atoms with Crippen LogP contribution in [0.5, 0.6) is 11.5 Å². The molecule has 0 unspecified atom stereocenters. The molecule has 0 amide bonds. The highest BCUT2D eigenvalue weighted by Crippen LogP contribution is 2.53. The number of ether oxygens (including phenoxy) is 1. The van der Waals surface area contributed by atoms with Gasteiger partial charge in [0.05, 0.1) is 12.9 Å². The number of aliphatic hydroxyl groups is 1. The molecule has 1 saturated heterocycles. The molecule has 4 atom stereocenters. The molecular formula is C25H25F3N5O5PS. The van der Waals surface area contributed by atoms with Gasteiger partial charge in [-0.25, -0.2) is 28.1 Å². The van der Waals surface area contributed by atoms with Gasteiger partial charge in [0, 0.05) is 11.8 Å². The summed E-state index contributed by atoms with van der Waals surface area (Å²) in [5, 5.41) is 10.8. The van der Waals surface area contributed by atoms with Crippen LogP contribution in [0, 0.1) is 13.8 Å². The summed E-state index contributed by atoms with van der Waals surface area (Å²) >= 11 is 5.58. The Morgan fingerprint density at radius 1 is 1.05 bits per heavy atom. The first-order valence-electron chi connectivity index (χ1n) is 12.0. The molecule has 10 nitrogen and oxygen atoms in total. The first-order valence-corrected chi connectivity index (χ1v) is 14.6. The van der Waals surface area contributed by atoms with Gasteiger partial charge >= 0.3 is 6.72 Å². The zero-order chi connectivity index (χ0) is 28.7. The highest BCUT2D eigenvalue weighted by Gasteiger charge is 2.62. The zero-order valence-electron chi connectivity index (χ0n) is 21.2. The van der Waals surface area contributed by atoms with Gasteiger partial charge < -0.3 is 24.6 Å². The van der Waals surface area contributed by atoms with Crippen LogP contribution >= 0.6 is 6.72 Å². The molecule has 2 aromatic carbocycles. The number of aromatic nitrogens is 4. The van der Waals surface area contributed by atoms with Crippen LogP contribution in [0.4, 0.5) is 19.0 Å². The number of rotatable bonds is 9. The molecule has 15 heteroatoms. The smallest absolute Gasteiger partial charge is 0.416 e. The Bertz CT molecular complexity index is 1490. The maximum atomic E-state index is 15.5. The molecule has 2 aromatic heterocycles. The van der Waals surface area contributed by atoms with Crippen molar-refractivity contribution < 1.29 is 36.6 Å². The molecule has 1 fully saturated rings. The molecule has 3 heterocycles. The first kappa shape index (κ1) is 28.2. The number of benzene rings is 2. The lowest BCUT2D eigenvalue weighted by Crippen LogP contribution is -2.52. The summed E-state index contributed by atoms with van der Waals surface area (Å²) in [4.78, 5) is 11.8. The van der Waals surface area contributed by atoms with Crippen LogP contribution in [0.15, 0.2) is 61.2 Å². The lowest BCUT2D eigenvalue weighted by Gasteiger charge is -2.32. The van der Waals surface area contributed by atoms with Crippen molar-refractivity contribution in [2.75, 3.05) is 12.3 Å². The molecule has 0 bridgehead atoms. The van der Waals surface area contributed by atoms with E-state index in [1.54, 1.807) is 48.5 Å². The van der Waals surface area contributed by atoms with E-state index in [0.29, 0.717) is 0 Å². The minimum Gasteiger partial charge on any atom is -0.416 e. The summed E-state index contributed by atoms with van der Waals surface area (Å²) in [6.07, 6.45) is -7.55. The quantitative estimate of drug-likeness (QED) is 0.264. The molecular weight excluding hydrogens is 570 g/mol. The van der Waals surface area contributed by atoms with Crippen molar-refractivity contribution in [1.82, 2.24) is 19.5 Å². The number of imidazole rings is 1. The van der Waals surface area contributed by atoms with Crippen molar-refractivity contribution in [3.05, 3.63) is 72.3 Å². The number of anilines is 1. The molecule has 3 N–H and O–H groups in total. The Morgan fingerprint density at radius 3 is 2.17 bits per heavy atom. The molecule has 4 aromatic rings. The van der Waals surface area contributed by atoms with Gasteiger partial charge in [-0.05, 0) is 38.1 Å². The van der Waals surface area contributed by atoms with Crippen LogP contribution in [0.2, 0.25) is 0 Å². The Balaban J connectivity index is 1.45. The monoisotopic (exact) mass is 595 g/mol. The lowest BCUT2D eigenvalue weighted by molar-refractivity contribution is -0.191. The third-order valence-corrected chi connectivity index (χ3v) is 8.45. The third kappa shape index (κ3) is 5.37. The van der Waals surface area contributed by atoms with E-state index in [1.165, 1.54) is 0 Å². The molecule has 212 valence electrons. The summed E-state index contributed by atoms with van der Waals surface area (Å²) in [6.45, 7) is -1.18. The second kappa shape index (κ2) is 10.9. The third-order valence-electron chi connectivity index (χ3n) is 6.37. The lowest BCUT2D eigenvalue weighted by atomic mass is 9.97. The maximum Gasteiger partial charge on any atom is 0.435 e. The first-order chi connectivity index (χ1) is 19.0. The Labute approximate surface area is 232 Å². The van der Waals surface area contributed by atoms with Crippen molar-refractivity contribution >= 4 is 35.5 Å². The molecule has 0 aliphatic carbocycles. The van der Waals surface area contributed by atoms with Crippen LogP contribution in [0.1, 0.15) is 17.4 Å². The minimum atomic E-state index is -3.87. The Morgan fingerprint density at radius 2 is 1.62 bits per heavy atom. The van der Waals surface area contributed by atoms with E-state index < -0.39 is 43.9 Å². The number of aryl methyl sites for hydroxylation is 2. The number of nitrogens with zero attached hydrogens (tertiary/aromatic N) is 4. The average molecular weight is 596 g/mol. The summed E-state index contributed by atoms with van der Waals surface area (Å²) in [5.41, 5.74) is 4.99. The van der Waals surface area contributed by atoms with Gasteiger partial charge in [-0.2, -0.15) is 0 Å². The summed E-state index contributed by atoms with van der Waals surface area (Å²) in [7, 11) is 0. The van der Waals surface area contributed by atoms with E-state index in [0.717, 1.165) is 28.3 Å². The molecule has 40 heavy (non-hydrogen) atoms. The molecule has 5 rings (SSSR count). The molecule has 1 aliphatic rings. The largest absolute Gasteiger partial charge is 0.435 e. The highest BCUT2D eigenvalue weighted by molar-refractivity contribution is 8.07. The van der Waals surface area contributed by atoms with Gasteiger partial charge in [0.25, 0.3) is 6.43 Å². The number of aliphatic hydroxyl groups excluding tert-OH is 1. The van der Waals surface area contributed by atoms with E-state index in [4.69, 9.17) is 35.8 Å². The predicted octanol–water partition coefficient (Wildman–Crippen LogP) is 4.66. The molecule has 0 saturated carbocycles. The fourth-order valence-electron chi connectivity index (χ4n) is 4.12. The topological polar surface area (TPSA) is 127 Å². The van der Waals surface area contributed by atoms with E-state index in [2.05, 4.69) is 15.0 Å². The highest BCUT2D eigenvalue weighted by atomic mass is 32.5. The van der Waals surface area contributed by atoms with Crippen molar-refractivity contribution in [2.24, 2.45) is 0 Å². The van der Waals surface area contributed by atoms with Crippen LogP contribution < -0.4 is 14.8 Å². The fourth-order valence-corrected chi connectivity index (χ4v) is 6.06. The van der Waals surface area contributed by atoms with Crippen molar-refractivity contribution in [3.8, 4) is 11.5 Å². The summed E-state index contributed by atoms with van der Waals surface area (Å²) in [5.74, 6) is 0.537. The SMILES string of the molecule is Cc1ccc(OP(=S)(OC[C@@]2(C(F)F)O[C@@H](n3cnc4c(N)ncnc43)[C@@H](F)[C@@H]2O)Oc2ccc(C)cc2)cc1. The number of hydrogen-bond donors (Lipinski definition) is 2. The van der Waals surface area contributed by atoms with E-state index in [9.17, 15) is 13.9 Å². The fraction of sp³-hybridized carbons (Fsp3) is 0.320. The second-order valence-electron chi connectivity index (χ2n) is 9.27. The Hall–Kier alpha value is -3.29. The molecule has 1 aliphatic heterocycles. The van der Waals surface area contributed by atoms with E-state index >= 15 is 4.39 Å². The zero-order valence-corrected chi connectivity index (χ0v) is 22.9. The second-order valence-corrected chi connectivity index (χ2v) is 12.1. The molecule has 0 spiro atoms. The number of fused-ring (bicyclic) bond motifs is 1. The van der Waals surface area contributed by atoms with E-state index in [1.807, 2.05) is 13.8 Å². The van der Waals surface area contributed by atoms with Gasteiger partial charge in [-0.1, -0.05) is 35.4 Å². The van der Waals surface area contributed by atoms with Gasteiger partial charge in [0.15, 0.2) is 29.5 Å². The normalized spacial score (nSPS) is 23.1. The summed E-state index contributed by atoms with van der Waals surface area (Å²) in [6, 6.07) is 13.5. The standard InChI is InChI=1S/C25H25F3N5O5PS/c1-14-3-7-16(8-4-14)37-39(40,38-17-9-5-15(2)6-10-17)35-11-25(24(27)28)20(34)18(26)23(36-25)33-13-32-19-21(29)30-12-31-22(19)33/h3-10,12-13,18,20,23-24,34H,11H2,1-2H3,(H2,29,30,31)/t18-,20-,23+,25+/m0/s1. The van der Waals surface area contributed by atoms with E-state index in [-0.39, 0.29) is 28.5 Å². The maximum absolute atomic E-state index is 15.5. The Kier molecular flexibility index (Phi) is 7.73. The number of nitrogen functional groups attached to an aromatic ring is 1. The van der Waals surface area contributed by atoms with Gasteiger partial charge in [-0.15, -0.1) is 0 Å². The molecule has 0 radical (unpaired) electrons. The number of hydrogen-bond acceptors (Lipinski definition) is 10. The van der Waals surface area contributed by atoms with Crippen molar-refractivity contribution in [2.45, 2.75) is 44.4 Å². The average Bonchev–Trinajstić information content (AvgIpc) is 3.46. The predicted molar refractivity (Wildman–Crippen MR) is 143 cm³/mol. The van der Waals surface area contributed by atoms with Gasteiger partial charge in [-0.3, -0.25) is 9.09 Å². The van der Waals surface area contributed by atoms with Crippen LogP contribution in [-0.4, -0.2) is 55.5 Å². The van der Waals surface area contributed by atoms with Crippen LogP contribution in [0.3, 0.4) is 0 Å². The minimum absolute atomic E-state index is 0.00311. The van der Waals surface area contributed by atoms with Gasteiger partial charge in [0.2, 0.25) is 0 Å². The van der Waals surface area contributed by atoms with Crippen molar-refractivity contribution in [1.29, 1.82) is 0 Å². The number of alkyl halides is 3. The van der Waals surface area contributed by atoms with Crippen LogP contribution in [0.25, 0.3) is 11.2 Å². The summed E-state index contributed by atoms with van der Waals surface area (Å²) < 4.78 is 68.8.